The summed E-state index contributed by atoms with van der Waals surface area (Å²) in [6.45, 7) is 0.256. The van der Waals surface area contributed by atoms with Gasteiger partial charge in [-0.05, 0) is 23.8 Å². The molecule has 1 atom stereocenters. The molecule has 1 aliphatic rings. The Kier molecular flexibility index (Phi) is 3.78. The van der Waals surface area contributed by atoms with Crippen LogP contribution in [0.1, 0.15) is 10.4 Å². The molecule has 7 heteroatoms. The molecular formula is C17H14ClN3O2S. The molecule has 1 unspecified atom stereocenters. The van der Waals surface area contributed by atoms with E-state index in [1.54, 1.807) is 6.07 Å². The first kappa shape index (κ1) is 15.2. The van der Waals surface area contributed by atoms with Crippen LogP contribution in [0.25, 0.3) is 10.9 Å². The number of H-pyrrole nitrogens is 1. The molecule has 0 saturated carbocycles. The van der Waals surface area contributed by atoms with Gasteiger partial charge in [-0.2, -0.15) is 0 Å². The van der Waals surface area contributed by atoms with Crippen molar-refractivity contribution in [2.24, 2.45) is 0 Å². The first-order valence-corrected chi connectivity index (χ1v) is 8.72. The third-order valence-corrected chi connectivity index (χ3v) is 5.36. The van der Waals surface area contributed by atoms with E-state index in [0.29, 0.717) is 10.8 Å². The molecule has 4 rings (SSSR count). The van der Waals surface area contributed by atoms with E-state index in [0.717, 1.165) is 21.3 Å². The molecule has 1 aliphatic heterocycles. The lowest BCUT2D eigenvalue weighted by Gasteiger charge is -2.11. The van der Waals surface area contributed by atoms with Crippen LogP contribution in [0, 0.1) is 0 Å². The van der Waals surface area contributed by atoms with Crippen molar-refractivity contribution in [2.75, 3.05) is 0 Å². The summed E-state index contributed by atoms with van der Waals surface area (Å²) < 4.78 is 0.646. The van der Waals surface area contributed by atoms with Crippen LogP contribution < -0.4 is 5.32 Å². The SMILES string of the molecule is O=C1NC(Cc2c[nH]c3ccccc23)C(=O)N1Cc1ccc(Cl)s1. The van der Waals surface area contributed by atoms with Crippen molar-refractivity contribution in [3.63, 3.8) is 0 Å². The molecular weight excluding hydrogens is 346 g/mol. The summed E-state index contributed by atoms with van der Waals surface area (Å²) in [6.07, 6.45) is 2.36. The summed E-state index contributed by atoms with van der Waals surface area (Å²) in [4.78, 5) is 30.1. The Morgan fingerprint density at radius 2 is 2.00 bits per heavy atom. The minimum absolute atomic E-state index is 0.199. The van der Waals surface area contributed by atoms with Gasteiger partial charge in [-0.25, -0.2) is 4.79 Å². The first-order chi connectivity index (χ1) is 11.6. The molecule has 0 spiro atoms. The quantitative estimate of drug-likeness (QED) is 0.700. The highest BCUT2D eigenvalue weighted by atomic mass is 35.5. The Morgan fingerprint density at radius 1 is 1.17 bits per heavy atom. The van der Waals surface area contributed by atoms with Gasteiger partial charge in [-0.1, -0.05) is 29.8 Å². The summed E-state index contributed by atoms with van der Waals surface area (Å²) in [6, 6.07) is 10.6. The Hall–Kier alpha value is -2.31. The van der Waals surface area contributed by atoms with Crippen LogP contribution in [0.5, 0.6) is 0 Å². The number of benzene rings is 1. The third kappa shape index (κ3) is 2.68. The predicted molar refractivity (Wildman–Crippen MR) is 94.2 cm³/mol. The zero-order valence-corrected chi connectivity index (χ0v) is 14.2. The van der Waals surface area contributed by atoms with Crippen molar-refractivity contribution >= 4 is 45.8 Å². The number of fused-ring (bicyclic) bond motifs is 1. The van der Waals surface area contributed by atoms with Crippen LogP contribution in [0.3, 0.4) is 0 Å². The predicted octanol–water partition coefficient (Wildman–Crippen LogP) is 3.55. The number of aromatic amines is 1. The number of hydrogen-bond acceptors (Lipinski definition) is 3. The van der Waals surface area contributed by atoms with Crippen molar-refractivity contribution in [3.05, 3.63) is 57.4 Å². The topological polar surface area (TPSA) is 65.2 Å². The normalized spacial score (nSPS) is 17.7. The second-order valence-corrected chi connectivity index (χ2v) is 7.50. The highest BCUT2D eigenvalue weighted by molar-refractivity contribution is 7.16. The Labute approximate surface area is 147 Å². The fourth-order valence-corrected chi connectivity index (χ4v) is 4.05. The van der Waals surface area contributed by atoms with Crippen LogP contribution in [0.4, 0.5) is 4.79 Å². The van der Waals surface area contributed by atoms with E-state index in [1.807, 2.05) is 36.5 Å². The largest absolute Gasteiger partial charge is 0.361 e. The van der Waals surface area contributed by atoms with Gasteiger partial charge in [0.25, 0.3) is 5.91 Å². The molecule has 1 saturated heterocycles. The van der Waals surface area contributed by atoms with Gasteiger partial charge in [0.1, 0.15) is 6.04 Å². The number of para-hydroxylation sites is 1. The second kappa shape index (κ2) is 5.96. The molecule has 2 N–H and O–H groups in total. The molecule has 5 nitrogen and oxygen atoms in total. The molecule has 122 valence electrons. The number of carbonyl (C=O) groups is 2. The maximum Gasteiger partial charge on any atom is 0.325 e. The number of hydrogen-bond donors (Lipinski definition) is 2. The number of imide groups is 1. The molecule has 0 radical (unpaired) electrons. The number of urea groups is 1. The van der Waals surface area contributed by atoms with E-state index in [-0.39, 0.29) is 18.5 Å². The molecule has 3 amide bonds. The number of rotatable bonds is 4. The smallest absolute Gasteiger partial charge is 0.325 e. The average molecular weight is 360 g/mol. The number of nitrogens with zero attached hydrogens (tertiary/aromatic N) is 1. The lowest BCUT2D eigenvalue weighted by Crippen LogP contribution is -2.32. The van der Waals surface area contributed by atoms with E-state index < -0.39 is 6.04 Å². The minimum Gasteiger partial charge on any atom is -0.361 e. The van der Waals surface area contributed by atoms with Gasteiger partial charge in [0.05, 0.1) is 10.9 Å². The van der Waals surface area contributed by atoms with Crippen molar-refractivity contribution in [2.45, 2.75) is 19.0 Å². The number of carbonyl (C=O) groups excluding carboxylic acids is 2. The zero-order chi connectivity index (χ0) is 16.7. The molecule has 3 heterocycles. The highest BCUT2D eigenvalue weighted by Crippen LogP contribution is 2.25. The number of nitrogens with one attached hydrogen (secondary N) is 2. The Bertz CT molecular complexity index is 933. The summed E-state index contributed by atoms with van der Waals surface area (Å²) in [5, 5.41) is 3.85. The monoisotopic (exact) mass is 359 g/mol. The lowest BCUT2D eigenvalue weighted by atomic mass is 10.1. The third-order valence-electron chi connectivity index (χ3n) is 4.15. The minimum atomic E-state index is -0.535. The number of aromatic nitrogens is 1. The van der Waals surface area contributed by atoms with Crippen LogP contribution in [-0.2, 0) is 17.8 Å². The van der Waals surface area contributed by atoms with E-state index in [1.165, 1.54) is 16.2 Å². The van der Waals surface area contributed by atoms with Crippen molar-refractivity contribution in [1.82, 2.24) is 15.2 Å². The van der Waals surface area contributed by atoms with E-state index in [9.17, 15) is 9.59 Å². The molecule has 3 aromatic rings. The van der Waals surface area contributed by atoms with Crippen LogP contribution in [0.2, 0.25) is 4.34 Å². The molecule has 0 bridgehead atoms. The second-order valence-electron chi connectivity index (χ2n) is 5.70. The Balaban J connectivity index is 1.53. The molecule has 24 heavy (non-hydrogen) atoms. The van der Waals surface area contributed by atoms with Crippen molar-refractivity contribution in [1.29, 1.82) is 0 Å². The molecule has 1 fully saturated rings. The maximum absolute atomic E-state index is 12.6. The van der Waals surface area contributed by atoms with Gasteiger partial charge in [-0.3, -0.25) is 9.69 Å². The standard InChI is InChI=1S/C17H14ClN3O2S/c18-15-6-5-11(24-15)9-21-16(22)14(20-17(21)23)7-10-8-19-13-4-2-1-3-12(10)13/h1-6,8,14,19H,7,9H2,(H,20,23). The number of halogens is 1. The number of amides is 3. The lowest BCUT2D eigenvalue weighted by molar-refractivity contribution is -0.127. The maximum atomic E-state index is 12.6. The van der Waals surface area contributed by atoms with E-state index in [2.05, 4.69) is 10.3 Å². The van der Waals surface area contributed by atoms with Crippen LogP contribution in [0.15, 0.2) is 42.6 Å². The van der Waals surface area contributed by atoms with Gasteiger partial charge < -0.3 is 10.3 Å². The fraction of sp³-hybridized carbons (Fsp3) is 0.176. The Morgan fingerprint density at radius 3 is 2.79 bits per heavy atom. The van der Waals surface area contributed by atoms with Gasteiger partial charge >= 0.3 is 6.03 Å². The van der Waals surface area contributed by atoms with Gasteiger partial charge in [0.2, 0.25) is 0 Å². The van der Waals surface area contributed by atoms with Crippen LogP contribution >= 0.6 is 22.9 Å². The highest BCUT2D eigenvalue weighted by Gasteiger charge is 2.38. The van der Waals surface area contributed by atoms with Gasteiger partial charge in [0.15, 0.2) is 0 Å². The number of thiophene rings is 1. The average Bonchev–Trinajstić information content (AvgIpc) is 3.24. The summed E-state index contributed by atoms with van der Waals surface area (Å²) >= 11 is 7.28. The fourth-order valence-electron chi connectivity index (χ4n) is 2.98. The van der Waals surface area contributed by atoms with Crippen molar-refractivity contribution in [3.8, 4) is 0 Å². The van der Waals surface area contributed by atoms with E-state index in [4.69, 9.17) is 11.6 Å². The zero-order valence-electron chi connectivity index (χ0n) is 12.6. The summed E-state index contributed by atoms with van der Waals surface area (Å²) in [5.41, 5.74) is 2.04. The summed E-state index contributed by atoms with van der Waals surface area (Å²) in [5.74, 6) is -0.199. The van der Waals surface area contributed by atoms with E-state index >= 15 is 0 Å². The molecule has 0 aliphatic carbocycles. The van der Waals surface area contributed by atoms with Gasteiger partial charge in [0, 0.05) is 28.4 Å². The van der Waals surface area contributed by atoms with Crippen LogP contribution in [-0.4, -0.2) is 27.9 Å². The van der Waals surface area contributed by atoms with Gasteiger partial charge in [-0.15, -0.1) is 11.3 Å². The molecule has 2 aromatic heterocycles. The van der Waals surface area contributed by atoms with Crippen molar-refractivity contribution < 1.29 is 9.59 Å². The molecule has 1 aromatic carbocycles. The first-order valence-electron chi connectivity index (χ1n) is 7.53. The summed E-state index contributed by atoms with van der Waals surface area (Å²) in [7, 11) is 0.